The van der Waals surface area contributed by atoms with Gasteiger partial charge in [0.2, 0.25) is 0 Å². The smallest absolute Gasteiger partial charge is 0.166 e. The maximum atomic E-state index is 12.4. The zero-order chi connectivity index (χ0) is 11.5. The number of benzene rings is 1. The van der Waals surface area contributed by atoms with E-state index in [9.17, 15) is 13.2 Å². The summed E-state index contributed by atoms with van der Waals surface area (Å²) >= 11 is 5.33. The van der Waals surface area contributed by atoms with Gasteiger partial charge in [0.15, 0.2) is 0 Å². The van der Waals surface area contributed by atoms with Crippen LogP contribution in [0.4, 0.5) is 13.2 Å². The molecule has 0 atom stereocenters. The Morgan fingerprint density at radius 1 is 1.27 bits per heavy atom. The summed E-state index contributed by atoms with van der Waals surface area (Å²) in [6.07, 6.45) is -4.33. The summed E-state index contributed by atoms with van der Waals surface area (Å²) in [5, 5.41) is 0. The van der Waals surface area contributed by atoms with E-state index in [1.165, 1.54) is 0 Å². The number of halogens is 4. The lowest BCUT2D eigenvalue weighted by Gasteiger charge is -2.07. The minimum Gasteiger partial charge on any atom is -0.166 e. The molecule has 0 aliphatic carbocycles. The third kappa shape index (κ3) is 3.49. The molecule has 0 aliphatic heterocycles. The van der Waals surface area contributed by atoms with Crippen LogP contribution in [0.5, 0.6) is 0 Å². The van der Waals surface area contributed by atoms with Crippen LogP contribution in [0.1, 0.15) is 16.7 Å². The highest BCUT2D eigenvalue weighted by atomic mass is 35.5. The topological polar surface area (TPSA) is 0 Å². The molecule has 1 aromatic carbocycles. The van der Waals surface area contributed by atoms with E-state index in [1.54, 1.807) is 13.0 Å². The molecule has 0 saturated heterocycles. The molecule has 0 amide bonds. The number of alkyl halides is 4. The van der Waals surface area contributed by atoms with Gasteiger partial charge < -0.3 is 0 Å². The maximum Gasteiger partial charge on any atom is 0.416 e. The summed E-state index contributed by atoms with van der Waals surface area (Å²) in [6, 6.07) is 3.70. The molecule has 0 aromatic heterocycles. The van der Waals surface area contributed by atoms with Gasteiger partial charge in [-0.25, -0.2) is 0 Å². The van der Waals surface area contributed by atoms with Crippen LogP contribution in [0, 0.1) is 18.8 Å². The Morgan fingerprint density at radius 2 is 1.93 bits per heavy atom. The normalized spacial score (nSPS) is 10.7. The molecule has 0 nitrogen and oxygen atoms in total. The Bertz CT molecular complexity index is 410. The summed E-state index contributed by atoms with van der Waals surface area (Å²) in [5.41, 5.74) is 0.188. The quantitative estimate of drug-likeness (QED) is 0.474. The summed E-state index contributed by atoms with van der Waals surface area (Å²) < 4.78 is 37.2. The van der Waals surface area contributed by atoms with E-state index >= 15 is 0 Å². The van der Waals surface area contributed by atoms with Gasteiger partial charge in [0.25, 0.3) is 0 Å². The number of hydrogen-bond donors (Lipinski definition) is 0. The van der Waals surface area contributed by atoms with Crippen molar-refractivity contribution in [2.24, 2.45) is 0 Å². The van der Waals surface area contributed by atoms with E-state index < -0.39 is 11.7 Å². The van der Waals surface area contributed by atoms with E-state index in [4.69, 9.17) is 11.6 Å². The fraction of sp³-hybridized carbons (Fsp3) is 0.273. The highest BCUT2D eigenvalue weighted by Crippen LogP contribution is 2.30. The maximum absolute atomic E-state index is 12.4. The number of aryl methyl sites for hydroxylation is 1. The predicted octanol–water partition coefficient (Wildman–Crippen LogP) is 3.60. The molecule has 0 bridgehead atoms. The highest BCUT2D eigenvalue weighted by molar-refractivity contribution is 6.19. The van der Waals surface area contributed by atoms with Crippen molar-refractivity contribution in [3.8, 4) is 11.8 Å². The summed E-state index contributed by atoms with van der Waals surface area (Å²) in [6.45, 7) is 1.60. The first-order valence-electron chi connectivity index (χ1n) is 4.17. The van der Waals surface area contributed by atoms with Crippen LogP contribution in [0.2, 0.25) is 0 Å². The lowest BCUT2D eigenvalue weighted by Crippen LogP contribution is -2.05. The van der Waals surface area contributed by atoms with Gasteiger partial charge in [-0.2, -0.15) is 13.2 Å². The van der Waals surface area contributed by atoms with E-state index in [1.807, 2.05) is 0 Å². The van der Waals surface area contributed by atoms with Gasteiger partial charge in [0, 0.05) is 5.56 Å². The Morgan fingerprint density at radius 3 is 2.47 bits per heavy atom. The van der Waals surface area contributed by atoms with Crippen molar-refractivity contribution in [3.05, 3.63) is 34.9 Å². The molecule has 0 saturated carbocycles. The average molecular weight is 233 g/mol. The molecular weight excluding hydrogens is 225 g/mol. The Balaban J connectivity index is 3.17. The van der Waals surface area contributed by atoms with Crippen molar-refractivity contribution >= 4 is 11.6 Å². The van der Waals surface area contributed by atoms with Crippen molar-refractivity contribution in [1.29, 1.82) is 0 Å². The Hall–Kier alpha value is -1.14. The molecule has 4 heteroatoms. The van der Waals surface area contributed by atoms with E-state index in [0.717, 1.165) is 12.1 Å². The molecule has 15 heavy (non-hydrogen) atoms. The van der Waals surface area contributed by atoms with Crippen LogP contribution >= 0.6 is 11.6 Å². The molecule has 0 unspecified atom stereocenters. The number of rotatable bonds is 0. The highest BCUT2D eigenvalue weighted by Gasteiger charge is 2.30. The zero-order valence-electron chi connectivity index (χ0n) is 7.95. The zero-order valence-corrected chi connectivity index (χ0v) is 8.71. The van der Waals surface area contributed by atoms with Gasteiger partial charge in [-0.15, -0.1) is 11.6 Å². The average Bonchev–Trinajstić information content (AvgIpc) is 2.12. The van der Waals surface area contributed by atoms with E-state index in [0.29, 0.717) is 11.1 Å². The molecule has 0 fully saturated rings. The first kappa shape index (κ1) is 11.9. The molecular formula is C11H8ClF3. The molecule has 1 rings (SSSR count). The van der Waals surface area contributed by atoms with Crippen LogP contribution < -0.4 is 0 Å². The summed E-state index contributed by atoms with van der Waals surface area (Å²) in [7, 11) is 0. The SMILES string of the molecule is Cc1cc(C#CCCl)cc(C(F)(F)F)c1. The van der Waals surface area contributed by atoms with Gasteiger partial charge >= 0.3 is 6.18 Å². The Kier molecular flexibility index (Phi) is 3.65. The molecule has 80 valence electrons. The molecule has 0 aliphatic rings. The van der Waals surface area contributed by atoms with E-state index in [2.05, 4.69) is 11.8 Å². The predicted molar refractivity (Wildman–Crippen MR) is 53.8 cm³/mol. The van der Waals surface area contributed by atoms with Crippen LogP contribution in [0.3, 0.4) is 0 Å². The second-order valence-electron chi connectivity index (χ2n) is 3.02. The molecule has 0 spiro atoms. The fourth-order valence-corrected chi connectivity index (χ4v) is 1.22. The largest absolute Gasteiger partial charge is 0.416 e. The summed E-state index contributed by atoms with van der Waals surface area (Å²) in [4.78, 5) is 0. The van der Waals surface area contributed by atoms with Crippen molar-refractivity contribution < 1.29 is 13.2 Å². The van der Waals surface area contributed by atoms with E-state index in [-0.39, 0.29) is 5.88 Å². The van der Waals surface area contributed by atoms with Gasteiger partial charge in [-0.05, 0) is 30.7 Å². The third-order valence-corrected chi connectivity index (χ3v) is 1.84. The Labute approximate surface area is 91.1 Å². The van der Waals surface area contributed by atoms with Gasteiger partial charge in [0.05, 0.1) is 11.4 Å². The first-order chi connectivity index (χ1) is 6.93. The van der Waals surface area contributed by atoms with Crippen LogP contribution in [0.15, 0.2) is 18.2 Å². The molecule has 0 N–H and O–H groups in total. The van der Waals surface area contributed by atoms with Gasteiger partial charge in [-0.3, -0.25) is 0 Å². The van der Waals surface area contributed by atoms with Crippen LogP contribution in [0.25, 0.3) is 0 Å². The number of hydrogen-bond acceptors (Lipinski definition) is 0. The standard InChI is InChI=1S/C11H8ClF3/c1-8-5-9(3-2-4-12)7-10(6-8)11(13,14)15/h5-7H,4H2,1H3. The van der Waals surface area contributed by atoms with Gasteiger partial charge in [0.1, 0.15) is 0 Å². The summed E-state index contributed by atoms with van der Waals surface area (Å²) in [5.74, 6) is 5.19. The van der Waals surface area contributed by atoms with Crippen LogP contribution in [-0.4, -0.2) is 5.88 Å². The second kappa shape index (κ2) is 4.59. The van der Waals surface area contributed by atoms with Gasteiger partial charge in [-0.1, -0.05) is 11.8 Å². The van der Waals surface area contributed by atoms with Crippen molar-refractivity contribution in [2.75, 3.05) is 5.88 Å². The lowest BCUT2D eigenvalue weighted by molar-refractivity contribution is -0.137. The van der Waals surface area contributed by atoms with Crippen molar-refractivity contribution in [2.45, 2.75) is 13.1 Å². The van der Waals surface area contributed by atoms with Crippen molar-refractivity contribution in [3.63, 3.8) is 0 Å². The molecule has 0 heterocycles. The minimum absolute atomic E-state index is 0.106. The minimum atomic E-state index is -4.33. The first-order valence-corrected chi connectivity index (χ1v) is 4.70. The monoisotopic (exact) mass is 232 g/mol. The molecule has 1 aromatic rings. The lowest BCUT2D eigenvalue weighted by atomic mass is 10.1. The van der Waals surface area contributed by atoms with Crippen LogP contribution in [-0.2, 0) is 6.18 Å². The van der Waals surface area contributed by atoms with Crippen molar-refractivity contribution in [1.82, 2.24) is 0 Å². The second-order valence-corrected chi connectivity index (χ2v) is 3.29. The fourth-order valence-electron chi connectivity index (χ4n) is 1.15. The molecule has 0 radical (unpaired) electrons. The third-order valence-electron chi connectivity index (χ3n) is 1.70.